The van der Waals surface area contributed by atoms with Crippen molar-refractivity contribution in [2.75, 3.05) is 62.7 Å². The van der Waals surface area contributed by atoms with Crippen LogP contribution in [0.1, 0.15) is 6.92 Å². The summed E-state index contributed by atoms with van der Waals surface area (Å²) in [5, 5.41) is 4.74. The van der Waals surface area contributed by atoms with Crippen molar-refractivity contribution < 1.29 is 19.1 Å². The summed E-state index contributed by atoms with van der Waals surface area (Å²) >= 11 is 6.04. The number of nitrogens with zero attached hydrogens (tertiary/aromatic N) is 5. The number of carbonyl (C=O) groups excluding carboxylic acids is 2. The molecule has 11 heteroatoms. The number of halogens is 1. The molecule has 0 saturated carbocycles. The van der Waals surface area contributed by atoms with Crippen molar-refractivity contribution >= 4 is 45.9 Å². The SMILES string of the molecule is C=CC(=O)N1CCN[C@@](C)(C(=O)Oc2ccc3c(N4CCN(c5ccc(Cl)cc5)CC4)nc(OC)nc3c2)C1. The summed E-state index contributed by atoms with van der Waals surface area (Å²) in [7, 11) is 1.53. The molecule has 2 aliphatic heterocycles. The van der Waals surface area contributed by atoms with Gasteiger partial charge in [-0.1, -0.05) is 18.2 Å². The molecule has 3 heterocycles. The molecular formula is C28H31ClN6O4. The van der Waals surface area contributed by atoms with Crippen molar-refractivity contribution in [2.24, 2.45) is 0 Å². The zero-order valence-corrected chi connectivity index (χ0v) is 22.8. The standard InChI is InChI=1S/C28H31ClN6O4/c1-4-24(36)35-12-11-30-28(2,18-35)26(37)39-21-9-10-22-23(17-21)31-27(38-3)32-25(22)34-15-13-33(14-16-34)20-7-5-19(29)6-8-20/h4-10,17,30H,1,11-16,18H2,2-3H3/t28-/m1/s1. The number of carbonyl (C=O) groups is 2. The summed E-state index contributed by atoms with van der Waals surface area (Å²) in [5.74, 6) is 0.418. The highest BCUT2D eigenvalue weighted by Crippen LogP contribution is 2.31. The maximum atomic E-state index is 13.2. The maximum absolute atomic E-state index is 13.2. The summed E-state index contributed by atoms with van der Waals surface area (Å²) in [4.78, 5) is 40.5. The lowest BCUT2D eigenvalue weighted by Gasteiger charge is -2.39. The Labute approximate surface area is 232 Å². The van der Waals surface area contributed by atoms with Crippen LogP contribution in [0.4, 0.5) is 11.5 Å². The number of aromatic nitrogens is 2. The highest BCUT2D eigenvalue weighted by atomic mass is 35.5. The largest absolute Gasteiger partial charge is 0.467 e. The summed E-state index contributed by atoms with van der Waals surface area (Å²) in [6.45, 7) is 9.59. The number of anilines is 2. The van der Waals surface area contributed by atoms with Crippen molar-refractivity contribution in [1.82, 2.24) is 20.2 Å². The Kier molecular flexibility index (Phi) is 7.58. The van der Waals surface area contributed by atoms with Gasteiger partial charge in [-0.15, -0.1) is 0 Å². The predicted octanol–water partition coefficient (Wildman–Crippen LogP) is 2.90. The molecule has 1 amide bonds. The Hall–Kier alpha value is -3.89. The van der Waals surface area contributed by atoms with Crippen molar-refractivity contribution in [1.29, 1.82) is 0 Å². The molecule has 2 aliphatic rings. The minimum Gasteiger partial charge on any atom is -0.467 e. The van der Waals surface area contributed by atoms with E-state index >= 15 is 0 Å². The molecule has 3 aromatic rings. The fourth-order valence-corrected chi connectivity index (χ4v) is 5.08. The first-order valence-electron chi connectivity index (χ1n) is 12.8. The summed E-state index contributed by atoms with van der Waals surface area (Å²) in [6, 6.07) is 13.4. The van der Waals surface area contributed by atoms with Gasteiger partial charge in [-0.2, -0.15) is 9.97 Å². The highest BCUT2D eigenvalue weighted by Gasteiger charge is 2.40. The second-order valence-electron chi connectivity index (χ2n) is 9.78. The van der Waals surface area contributed by atoms with E-state index in [1.54, 1.807) is 24.0 Å². The molecule has 0 bridgehead atoms. The number of amides is 1. The van der Waals surface area contributed by atoms with Gasteiger partial charge in [0.2, 0.25) is 5.91 Å². The van der Waals surface area contributed by atoms with E-state index in [1.165, 1.54) is 13.2 Å². The molecule has 5 rings (SSSR count). The van der Waals surface area contributed by atoms with Gasteiger partial charge in [0.05, 0.1) is 12.6 Å². The number of hydrogen-bond donors (Lipinski definition) is 1. The number of hydrogen-bond acceptors (Lipinski definition) is 9. The van der Waals surface area contributed by atoms with E-state index in [0.717, 1.165) is 48.1 Å². The zero-order chi connectivity index (χ0) is 27.6. The Morgan fingerprint density at radius 2 is 1.77 bits per heavy atom. The summed E-state index contributed by atoms with van der Waals surface area (Å²) in [5.41, 5.74) is 0.686. The quantitative estimate of drug-likeness (QED) is 0.282. The second-order valence-corrected chi connectivity index (χ2v) is 10.2. The van der Waals surface area contributed by atoms with Crippen LogP contribution in [0.15, 0.2) is 55.1 Å². The fourth-order valence-electron chi connectivity index (χ4n) is 4.95. The Morgan fingerprint density at radius 3 is 2.46 bits per heavy atom. The van der Waals surface area contributed by atoms with E-state index in [9.17, 15) is 9.59 Å². The van der Waals surface area contributed by atoms with E-state index in [0.29, 0.717) is 24.4 Å². The third kappa shape index (κ3) is 5.62. The van der Waals surface area contributed by atoms with Gasteiger partial charge in [0.1, 0.15) is 17.1 Å². The molecule has 1 N–H and O–H groups in total. The van der Waals surface area contributed by atoms with Gasteiger partial charge in [0.25, 0.3) is 0 Å². The normalized spacial score (nSPS) is 19.6. The fraction of sp³-hybridized carbons (Fsp3) is 0.357. The molecule has 0 aliphatic carbocycles. The number of fused-ring (bicyclic) bond motifs is 1. The molecule has 0 radical (unpaired) electrons. The number of ether oxygens (including phenoxy) is 2. The first-order valence-corrected chi connectivity index (χ1v) is 13.2. The maximum Gasteiger partial charge on any atom is 0.333 e. The van der Waals surface area contributed by atoms with E-state index in [2.05, 4.69) is 31.7 Å². The van der Waals surface area contributed by atoms with Crippen LogP contribution in [0.25, 0.3) is 10.9 Å². The molecule has 39 heavy (non-hydrogen) atoms. The lowest BCUT2D eigenvalue weighted by molar-refractivity contribution is -0.144. The molecule has 2 fully saturated rings. The first kappa shape index (κ1) is 26.7. The van der Waals surface area contributed by atoms with E-state index in [1.807, 2.05) is 30.3 Å². The Morgan fingerprint density at radius 1 is 1.05 bits per heavy atom. The van der Waals surface area contributed by atoms with Crippen LogP contribution in [-0.4, -0.2) is 85.2 Å². The van der Waals surface area contributed by atoms with Crippen LogP contribution in [0.5, 0.6) is 11.8 Å². The van der Waals surface area contributed by atoms with E-state index in [-0.39, 0.29) is 18.5 Å². The number of benzene rings is 2. The molecule has 204 valence electrons. The van der Waals surface area contributed by atoms with Crippen molar-refractivity contribution in [3.8, 4) is 11.8 Å². The third-order valence-corrected chi connectivity index (χ3v) is 7.38. The second kappa shape index (κ2) is 11.1. The molecule has 2 aromatic carbocycles. The highest BCUT2D eigenvalue weighted by molar-refractivity contribution is 6.30. The average Bonchev–Trinajstić information content (AvgIpc) is 2.96. The molecule has 1 aromatic heterocycles. The topological polar surface area (TPSA) is 100 Å². The molecule has 10 nitrogen and oxygen atoms in total. The van der Waals surface area contributed by atoms with Crippen LogP contribution in [0.3, 0.4) is 0 Å². The Balaban J connectivity index is 1.34. The van der Waals surface area contributed by atoms with Gasteiger partial charge in [0, 0.05) is 68.0 Å². The van der Waals surface area contributed by atoms with Gasteiger partial charge >= 0.3 is 12.0 Å². The van der Waals surface area contributed by atoms with Gasteiger partial charge in [-0.3, -0.25) is 10.1 Å². The predicted molar refractivity (Wildman–Crippen MR) is 151 cm³/mol. The summed E-state index contributed by atoms with van der Waals surface area (Å²) < 4.78 is 11.2. The lowest BCUT2D eigenvalue weighted by Crippen LogP contribution is -2.64. The van der Waals surface area contributed by atoms with Gasteiger partial charge in [0.15, 0.2) is 0 Å². The van der Waals surface area contributed by atoms with Crippen molar-refractivity contribution in [2.45, 2.75) is 12.5 Å². The lowest BCUT2D eigenvalue weighted by atomic mass is 9.99. The molecule has 0 unspecified atom stereocenters. The summed E-state index contributed by atoms with van der Waals surface area (Å²) in [6.07, 6.45) is 1.25. The monoisotopic (exact) mass is 550 g/mol. The number of methoxy groups -OCH3 is 1. The minimum atomic E-state index is -1.05. The van der Waals surface area contributed by atoms with Gasteiger partial charge in [-0.25, -0.2) is 4.79 Å². The zero-order valence-electron chi connectivity index (χ0n) is 22.0. The number of nitrogens with one attached hydrogen (secondary N) is 1. The smallest absolute Gasteiger partial charge is 0.333 e. The van der Waals surface area contributed by atoms with Crippen LogP contribution in [0.2, 0.25) is 5.02 Å². The molecule has 1 atom stereocenters. The van der Waals surface area contributed by atoms with E-state index < -0.39 is 11.5 Å². The van der Waals surface area contributed by atoms with Gasteiger partial charge < -0.3 is 24.2 Å². The van der Waals surface area contributed by atoms with Crippen molar-refractivity contribution in [3.05, 3.63) is 60.1 Å². The van der Waals surface area contributed by atoms with Crippen LogP contribution < -0.4 is 24.6 Å². The third-order valence-electron chi connectivity index (χ3n) is 7.13. The number of piperazine rings is 2. The number of rotatable bonds is 6. The minimum absolute atomic E-state index is 0.187. The average molecular weight is 551 g/mol. The molecule has 2 saturated heterocycles. The van der Waals surface area contributed by atoms with E-state index in [4.69, 9.17) is 21.1 Å². The first-order chi connectivity index (χ1) is 18.8. The van der Waals surface area contributed by atoms with Crippen molar-refractivity contribution in [3.63, 3.8) is 0 Å². The Bertz CT molecular complexity index is 1390. The van der Waals surface area contributed by atoms with Crippen LogP contribution >= 0.6 is 11.6 Å². The van der Waals surface area contributed by atoms with Crippen LogP contribution in [-0.2, 0) is 9.59 Å². The number of esters is 1. The van der Waals surface area contributed by atoms with Gasteiger partial charge in [-0.05, 0) is 49.4 Å². The van der Waals surface area contributed by atoms with Crippen LogP contribution in [0, 0.1) is 0 Å². The molecular weight excluding hydrogens is 520 g/mol. The molecule has 0 spiro atoms.